The molecule has 90 valence electrons. The molecule has 0 aliphatic heterocycles. The summed E-state index contributed by atoms with van der Waals surface area (Å²) in [5.74, 6) is -0.373. The van der Waals surface area contributed by atoms with Crippen molar-refractivity contribution in [2.45, 2.75) is 31.5 Å². The van der Waals surface area contributed by atoms with Crippen LogP contribution >= 0.6 is 12.4 Å². The minimum absolute atomic E-state index is 0. The molecule has 0 aromatic rings. The molecule has 6 N–H and O–H groups in total. The van der Waals surface area contributed by atoms with Crippen molar-refractivity contribution in [2.75, 3.05) is 6.61 Å². The molecule has 0 aromatic heterocycles. The van der Waals surface area contributed by atoms with Gasteiger partial charge in [0.15, 0.2) is 0 Å². The van der Waals surface area contributed by atoms with E-state index in [1.807, 2.05) is 0 Å². The zero-order valence-electron chi connectivity index (χ0n) is 8.55. The van der Waals surface area contributed by atoms with Crippen molar-refractivity contribution in [1.29, 1.82) is 0 Å². The Bertz CT molecular complexity index is 202. The maximum Gasteiger partial charge on any atom is 0.236 e. The number of carbonyl (C=O) groups excluding carboxylic acids is 2. The van der Waals surface area contributed by atoms with Crippen molar-refractivity contribution < 1.29 is 14.7 Å². The van der Waals surface area contributed by atoms with Crippen LogP contribution in [0.25, 0.3) is 0 Å². The van der Waals surface area contributed by atoms with E-state index >= 15 is 0 Å². The summed E-state index contributed by atoms with van der Waals surface area (Å²) in [7, 11) is 0. The van der Waals surface area contributed by atoms with Crippen molar-refractivity contribution in [3.63, 3.8) is 0 Å². The van der Waals surface area contributed by atoms with Crippen LogP contribution in [0.5, 0.6) is 0 Å². The number of aldehydes is 1. The van der Waals surface area contributed by atoms with Crippen molar-refractivity contribution in [1.82, 2.24) is 5.32 Å². The highest BCUT2D eigenvalue weighted by molar-refractivity contribution is 5.85. The number of hydrogen-bond donors (Lipinski definition) is 4. The fourth-order valence-electron chi connectivity index (χ4n) is 0.896. The molecule has 0 saturated heterocycles. The first kappa shape index (κ1) is 16.7. The minimum atomic E-state index is -0.680. The number of aliphatic hydroxyl groups is 1. The third-order valence-corrected chi connectivity index (χ3v) is 1.71. The summed E-state index contributed by atoms with van der Waals surface area (Å²) in [5.41, 5.74) is 10.6. The first-order valence-electron chi connectivity index (χ1n) is 4.39. The summed E-state index contributed by atoms with van der Waals surface area (Å²) in [6.45, 7) is 1.27. The Morgan fingerprint density at radius 3 is 2.40 bits per heavy atom. The second kappa shape index (κ2) is 8.60. The smallest absolute Gasteiger partial charge is 0.236 e. The molecule has 7 heteroatoms. The molecule has 6 nitrogen and oxygen atoms in total. The van der Waals surface area contributed by atoms with E-state index in [-0.39, 0.29) is 31.3 Å². The molecule has 2 unspecified atom stereocenters. The lowest BCUT2D eigenvalue weighted by Crippen LogP contribution is -2.47. The number of amides is 1. The van der Waals surface area contributed by atoms with Crippen LogP contribution in [0.2, 0.25) is 0 Å². The summed E-state index contributed by atoms with van der Waals surface area (Å²) < 4.78 is 0. The Labute approximate surface area is 94.8 Å². The molecule has 0 spiro atoms. The van der Waals surface area contributed by atoms with E-state index < -0.39 is 18.1 Å². The first-order chi connectivity index (χ1) is 6.51. The Morgan fingerprint density at radius 2 is 2.07 bits per heavy atom. The molecular weight excluding hydrogens is 222 g/mol. The van der Waals surface area contributed by atoms with Crippen molar-refractivity contribution in [3.05, 3.63) is 0 Å². The first-order valence-corrected chi connectivity index (χ1v) is 4.39. The van der Waals surface area contributed by atoms with E-state index in [4.69, 9.17) is 16.6 Å². The third-order valence-electron chi connectivity index (χ3n) is 1.71. The maximum absolute atomic E-state index is 11.1. The number of halogens is 1. The number of nitrogens with two attached hydrogens (primary N) is 2. The largest absolute Gasteiger partial charge is 0.394 e. The molecule has 3 atom stereocenters. The standard InChI is InChI=1S/C8H17N3O3.ClH/c1-5(9)8(14)11-7(4-13)2-6(10)3-12;/h3,5-7,13H,2,4,9-10H2,1H3,(H,11,14);1H/t5-,6?,7?;/m1./s1. The summed E-state index contributed by atoms with van der Waals surface area (Å²) in [6, 6.07) is -1.84. The highest BCUT2D eigenvalue weighted by Gasteiger charge is 2.16. The monoisotopic (exact) mass is 239 g/mol. The van der Waals surface area contributed by atoms with E-state index in [0.29, 0.717) is 6.29 Å². The number of hydrogen-bond acceptors (Lipinski definition) is 5. The second-order valence-electron chi connectivity index (χ2n) is 3.21. The lowest BCUT2D eigenvalue weighted by Gasteiger charge is -2.18. The molecule has 1 amide bonds. The Kier molecular flexibility index (Phi) is 9.60. The zero-order chi connectivity index (χ0) is 11.1. The normalized spacial score (nSPS) is 15.7. The van der Waals surface area contributed by atoms with Crippen molar-refractivity contribution in [2.24, 2.45) is 11.5 Å². The highest BCUT2D eigenvalue weighted by atomic mass is 35.5. The van der Waals surface area contributed by atoms with Crippen LogP contribution in [0, 0.1) is 0 Å². The van der Waals surface area contributed by atoms with Gasteiger partial charge in [-0.05, 0) is 13.3 Å². The van der Waals surface area contributed by atoms with Crippen LogP contribution in [0.4, 0.5) is 0 Å². The van der Waals surface area contributed by atoms with Gasteiger partial charge < -0.3 is 26.7 Å². The minimum Gasteiger partial charge on any atom is -0.394 e. The third kappa shape index (κ3) is 7.26. The van der Waals surface area contributed by atoms with Gasteiger partial charge in [-0.15, -0.1) is 12.4 Å². The summed E-state index contributed by atoms with van der Waals surface area (Å²) in [4.78, 5) is 21.3. The van der Waals surface area contributed by atoms with Crippen LogP contribution in [0.15, 0.2) is 0 Å². The van der Waals surface area contributed by atoms with Gasteiger partial charge in [0.1, 0.15) is 6.29 Å². The maximum atomic E-state index is 11.1. The lowest BCUT2D eigenvalue weighted by molar-refractivity contribution is -0.123. The van der Waals surface area contributed by atoms with Gasteiger partial charge in [0.25, 0.3) is 0 Å². The molecule has 0 bridgehead atoms. The summed E-state index contributed by atoms with van der Waals surface area (Å²) in [5, 5.41) is 11.4. The van der Waals surface area contributed by atoms with Gasteiger partial charge in [-0.25, -0.2) is 0 Å². The number of rotatable bonds is 6. The van der Waals surface area contributed by atoms with Gasteiger partial charge >= 0.3 is 0 Å². The molecule has 0 rings (SSSR count). The zero-order valence-corrected chi connectivity index (χ0v) is 9.37. The van der Waals surface area contributed by atoms with Gasteiger partial charge in [0, 0.05) is 0 Å². The fourth-order valence-corrected chi connectivity index (χ4v) is 0.896. The van der Waals surface area contributed by atoms with Gasteiger partial charge in [0.2, 0.25) is 5.91 Å². The lowest BCUT2D eigenvalue weighted by atomic mass is 10.1. The van der Waals surface area contributed by atoms with Crippen molar-refractivity contribution in [3.8, 4) is 0 Å². The van der Waals surface area contributed by atoms with Crippen LogP contribution in [-0.4, -0.2) is 42.0 Å². The Balaban J connectivity index is 0. The van der Waals surface area contributed by atoms with Gasteiger partial charge in [-0.2, -0.15) is 0 Å². The molecule has 0 aliphatic rings. The Morgan fingerprint density at radius 1 is 1.53 bits per heavy atom. The van der Waals surface area contributed by atoms with Crippen LogP contribution in [-0.2, 0) is 9.59 Å². The van der Waals surface area contributed by atoms with Gasteiger partial charge in [-0.3, -0.25) is 4.79 Å². The summed E-state index contributed by atoms with van der Waals surface area (Å²) in [6.07, 6.45) is 0.777. The predicted octanol–water partition coefficient (Wildman–Crippen LogP) is -1.85. The molecule has 0 saturated carbocycles. The highest BCUT2D eigenvalue weighted by Crippen LogP contribution is 1.94. The second-order valence-corrected chi connectivity index (χ2v) is 3.21. The van der Waals surface area contributed by atoms with Crippen LogP contribution in [0.3, 0.4) is 0 Å². The summed E-state index contributed by atoms with van der Waals surface area (Å²) >= 11 is 0. The molecule has 15 heavy (non-hydrogen) atoms. The number of carbonyl (C=O) groups is 2. The SMILES string of the molecule is C[C@@H](N)C(=O)NC(CO)CC(N)C=O.Cl. The molecule has 0 heterocycles. The molecule has 0 aromatic carbocycles. The van der Waals surface area contributed by atoms with E-state index in [1.54, 1.807) is 0 Å². The molecular formula is C8H18ClN3O3. The molecule has 0 fully saturated rings. The van der Waals surface area contributed by atoms with E-state index in [2.05, 4.69) is 5.32 Å². The molecule has 0 radical (unpaired) electrons. The molecule has 0 aliphatic carbocycles. The van der Waals surface area contributed by atoms with Crippen LogP contribution in [0.1, 0.15) is 13.3 Å². The van der Waals surface area contributed by atoms with Crippen LogP contribution < -0.4 is 16.8 Å². The van der Waals surface area contributed by atoms with Crippen molar-refractivity contribution >= 4 is 24.6 Å². The number of aliphatic hydroxyl groups excluding tert-OH is 1. The van der Waals surface area contributed by atoms with Gasteiger partial charge in [0.05, 0.1) is 24.7 Å². The Hall–Kier alpha value is -0.690. The quantitative estimate of drug-likeness (QED) is 0.406. The van der Waals surface area contributed by atoms with E-state index in [0.717, 1.165) is 0 Å². The predicted molar refractivity (Wildman–Crippen MR) is 58.6 cm³/mol. The van der Waals surface area contributed by atoms with E-state index in [9.17, 15) is 9.59 Å². The average Bonchev–Trinajstić information content (AvgIpc) is 2.16. The van der Waals surface area contributed by atoms with Gasteiger partial charge in [-0.1, -0.05) is 0 Å². The fraction of sp³-hybridized carbons (Fsp3) is 0.750. The van der Waals surface area contributed by atoms with E-state index in [1.165, 1.54) is 6.92 Å². The average molecular weight is 240 g/mol. The number of nitrogens with one attached hydrogen (secondary N) is 1. The topological polar surface area (TPSA) is 118 Å².